The predicted octanol–water partition coefficient (Wildman–Crippen LogP) is 0.235. The molecule has 0 aliphatic carbocycles. The van der Waals surface area contributed by atoms with Crippen LogP contribution in [0.3, 0.4) is 0 Å². The summed E-state index contributed by atoms with van der Waals surface area (Å²) in [5.74, 6) is -2.46. The van der Waals surface area contributed by atoms with E-state index < -0.39 is 18.0 Å². The lowest BCUT2D eigenvalue weighted by atomic mass is 9.83. The molecule has 2 aliphatic heterocycles. The molecule has 0 aromatic heterocycles. The van der Waals surface area contributed by atoms with Crippen LogP contribution in [-0.2, 0) is 14.4 Å². The lowest BCUT2D eigenvalue weighted by Gasteiger charge is -2.44. The molecule has 2 aliphatic rings. The van der Waals surface area contributed by atoms with Gasteiger partial charge in [0.15, 0.2) is 0 Å². The van der Waals surface area contributed by atoms with Gasteiger partial charge in [0.25, 0.3) is 0 Å². The molecule has 0 spiro atoms. The van der Waals surface area contributed by atoms with Crippen LogP contribution in [0.2, 0.25) is 0 Å². The average Bonchev–Trinajstić information content (AvgIpc) is 2.62. The first-order valence-corrected chi connectivity index (χ1v) is 7.17. The number of rotatable bonds is 5. The Morgan fingerprint density at radius 3 is 2.62 bits per heavy atom. The molecule has 0 bridgehead atoms. The number of β-lactam (4-membered cyclic amide) rings is 1. The van der Waals surface area contributed by atoms with Crippen molar-refractivity contribution in [3.05, 3.63) is 22.2 Å². The van der Waals surface area contributed by atoms with Crippen LogP contribution in [0.4, 0.5) is 0 Å². The lowest BCUT2D eigenvalue weighted by Crippen LogP contribution is -2.61. The smallest absolute Gasteiger partial charge is 0.353 e. The van der Waals surface area contributed by atoms with Crippen molar-refractivity contribution in [1.82, 2.24) is 10.2 Å². The fourth-order valence-corrected chi connectivity index (χ4v) is 3.72. The van der Waals surface area contributed by atoms with Crippen LogP contribution in [0.15, 0.2) is 22.2 Å². The quantitative estimate of drug-likeness (QED) is 0.628. The monoisotopic (exact) mass is 312 g/mol. The van der Waals surface area contributed by atoms with Gasteiger partial charge < -0.3 is 20.4 Å². The maximum atomic E-state index is 12.0. The fraction of sp³-hybridized carbons (Fsp3) is 0.462. The topological polar surface area (TPSA) is 107 Å². The zero-order valence-electron chi connectivity index (χ0n) is 11.6. The average molecular weight is 312 g/mol. The van der Waals surface area contributed by atoms with Gasteiger partial charge in [-0.05, 0) is 6.92 Å². The number of hydrogen-bond acceptors (Lipinski definition) is 5. The third-order valence-corrected chi connectivity index (χ3v) is 4.41. The van der Waals surface area contributed by atoms with Crippen LogP contribution in [0, 0.1) is 5.92 Å². The molecule has 8 heteroatoms. The molecular formula is C13H16N2O5S. The van der Waals surface area contributed by atoms with Crippen molar-refractivity contribution in [3.63, 3.8) is 0 Å². The molecule has 3 atom stereocenters. The van der Waals surface area contributed by atoms with E-state index in [9.17, 15) is 24.6 Å². The minimum atomic E-state index is -1.20. The van der Waals surface area contributed by atoms with Crippen molar-refractivity contribution in [2.45, 2.75) is 32.4 Å². The number of thioether (sulfide) groups is 1. The Balaban J connectivity index is 2.21. The summed E-state index contributed by atoms with van der Waals surface area (Å²) in [4.78, 5) is 36.0. The fourth-order valence-electron chi connectivity index (χ4n) is 2.69. The number of aliphatic hydroxyl groups excluding tert-OH is 1. The highest BCUT2D eigenvalue weighted by molar-refractivity contribution is 8.06. The van der Waals surface area contributed by atoms with Crippen LogP contribution in [-0.4, -0.2) is 45.0 Å². The van der Waals surface area contributed by atoms with Crippen molar-refractivity contribution in [1.29, 1.82) is 0 Å². The molecule has 21 heavy (non-hydrogen) atoms. The minimum Gasteiger partial charge on any atom is -0.477 e. The third kappa shape index (κ3) is 2.68. The van der Waals surface area contributed by atoms with E-state index in [1.807, 2.05) is 0 Å². The van der Waals surface area contributed by atoms with Crippen molar-refractivity contribution in [2.24, 2.45) is 5.92 Å². The summed E-state index contributed by atoms with van der Waals surface area (Å²) in [7, 11) is 0. The molecule has 2 unspecified atom stereocenters. The lowest BCUT2D eigenvalue weighted by molar-refractivity contribution is -0.161. The summed E-state index contributed by atoms with van der Waals surface area (Å²) in [6.45, 7) is 6.49. The second kappa shape index (κ2) is 5.53. The van der Waals surface area contributed by atoms with E-state index in [1.54, 1.807) is 0 Å². The van der Waals surface area contributed by atoms with Crippen LogP contribution >= 0.6 is 11.8 Å². The summed E-state index contributed by atoms with van der Waals surface area (Å²) in [5, 5.41) is 21.7. The number of nitrogens with one attached hydrogen (secondary N) is 1. The molecule has 0 radical (unpaired) electrons. The number of carbonyl (C=O) groups excluding carboxylic acids is 2. The molecule has 7 nitrogen and oxygen atoms in total. The van der Waals surface area contributed by atoms with Crippen LogP contribution in [0.1, 0.15) is 20.3 Å². The number of aliphatic carboxylic acids is 1. The van der Waals surface area contributed by atoms with Crippen LogP contribution < -0.4 is 5.32 Å². The highest BCUT2D eigenvalue weighted by atomic mass is 32.2. The number of nitrogens with zero attached hydrogens (tertiary/aromatic N) is 1. The summed E-state index contributed by atoms with van der Waals surface area (Å²) < 4.78 is 0. The van der Waals surface area contributed by atoms with E-state index >= 15 is 0 Å². The second-order valence-electron chi connectivity index (χ2n) is 5.03. The molecule has 3 N–H and O–H groups in total. The van der Waals surface area contributed by atoms with Gasteiger partial charge in [0, 0.05) is 18.2 Å². The molecule has 1 saturated heterocycles. The molecule has 2 amide bonds. The van der Waals surface area contributed by atoms with Crippen molar-refractivity contribution >= 4 is 29.5 Å². The molecule has 114 valence electrons. The number of carboxylic acids is 1. The summed E-state index contributed by atoms with van der Waals surface area (Å²) >= 11 is 1.03. The standard InChI is InChI=1S/C13H16N2O5S/c1-5(16)10-8-4-9(21-7(3)14-6(2)17)11(13(19)20)15(8)12(10)18/h5,8,10,16H,3-4H2,1-2H3,(H,14,17)(H,19,20)/t5-,8?,10?/m1/s1. The zero-order valence-corrected chi connectivity index (χ0v) is 12.4. The molecule has 0 aromatic rings. The van der Waals surface area contributed by atoms with Gasteiger partial charge in [0.1, 0.15) is 5.70 Å². The first-order chi connectivity index (χ1) is 9.73. The van der Waals surface area contributed by atoms with Gasteiger partial charge in [0.05, 0.1) is 23.1 Å². The third-order valence-electron chi connectivity index (χ3n) is 3.45. The van der Waals surface area contributed by atoms with Crippen LogP contribution in [0.5, 0.6) is 0 Å². The summed E-state index contributed by atoms with van der Waals surface area (Å²) in [6, 6.07) is -0.337. The molecule has 0 saturated carbocycles. The molecule has 2 heterocycles. The number of fused-ring (bicyclic) bond motifs is 1. The van der Waals surface area contributed by atoms with Crippen LogP contribution in [0.25, 0.3) is 0 Å². The number of carbonyl (C=O) groups is 3. The Labute approximate surface area is 125 Å². The zero-order chi connectivity index (χ0) is 15.9. The van der Waals surface area contributed by atoms with E-state index in [4.69, 9.17) is 0 Å². The molecule has 2 rings (SSSR count). The number of carboxylic acid groups (broad SMARTS) is 1. The van der Waals surface area contributed by atoms with Gasteiger partial charge >= 0.3 is 5.97 Å². The second-order valence-corrected chi connectivity index (χ2v) is 6.22. The van der Waals surface area contributed by atoms with E-state index in [0.29, 0.717) is 16.4 Å². The van der Waals surface area contributed by atoms with Gasteiger partial charge in [-0.15, -0.1) is 0 Å². The first kappa shape index (κ1) is 15.6. The first-order valence-electron chi connectivity index (χ1n) is 6.36. The molecule has 0 aromatic carbocycles. The van der Waals surface area contributed by atoms with Gasteiger partial charge in [-0.25, -0.2) is 4.79 Å². The Bertz CT molecular complexity index is 569. The maximum absolute atomic E-state index is 12.0. The van der Waals surface area contributed by atoms with E-state index in [-0.39, 0.29) is 23.6 Å². The van der Waals surface area contributed by atoms with Crippen molar-refractivity contribution < 1.29 is 24.6 Å². The Morgan fingerprint density at radius 2 is 2.14 bits per heavy atom. The molecule has 1 fully saturated rings. The predicted molar refractivity (Wildman–Crippen MR) is 75.6 cm³/mol. The summed E-state index contributed by atoms with van der Waals surface area (Å²) in [5.41, 5.74) is -0.0848. The highest BCUT2D eigenvalue weighted by Crippen LogP contribution is 2.47. The van der Waals surface area contributed by atoms with Gasteiger partial charge in [0.2, 0.25) is 11.8 Å². The van der Waals surface area contributed by atoms with Gasteiger partial charge in [-0.1, -0.05) is 18.3 Å². The summed E-state index contributed by atoms with van der Waals surface area (Å²) in [6.07, 6.45) is -0.483. The Kier molecular flexibility index (Phi) is 4.11. The maximum Gasteiger partial charge on any atom is 0.353 e. The highest BCUT2D eigenvalue weighted by Gasteiger charge is 2.56. The van der Waals surface area contributed by atoms with E-state index in [1.165, 1.54) is 18.7 Å². The number of hydrogen-bond donors (Lipinski definition) is 3. The van der Waals surface area contributed by atoms with Gasteiger partial charge in [-0.2, -0.15) is 0 Å². The van der Waals surface area contributed by atoms with Crippen molar-refractivity contribution in [3.8, 4) is 0 Å². The minimum absolute atomic E-state index is 0.0848. The Morgan fingerprint density at radius 1 is 1.52 bits per heavy atom. The van der Waals surface area contributed by atoms with E-state index in [0.717, 1.165) is 11.8 Å². The number of aliphatic hydroxyl groups is 1. The van der Waals surface area contributed by atoms with Gasteiger partial charge in [-0.3, -0.25) is 9.59 Å². The SMILES string of the molecule is C=C(NC(C)=O)SC1=C(C(=O)O)N2C(=O)C([C@@H](C)O)C2C1. The van der Waals surface area contributed by atoms with E-state index in [2.05, 4.69) is 11.9 Å². The normalized spacial score (nSPS) is 25.3. The Hall–Kier alpha value is -1.80. The molecular weight excluding hydrogens is 296 g/mol. The number of amides is 2. The largest absolute Gasteiger partial charge is 0.477 e. The van der Waals surface area contributed by atoms with Crippen molar-refractivity contribution in [2.75, 3.05) is 0 Å².